The van der Waals surface area contributed by atoms with Gasteiger partial charge in [0.05, 0.1) is 5.60 Å². The third kappa shape index (κ3) is 1.92. The zero-order valence-electron chi connectivity index (χ0n) is 7.68. The summed E-state index contributed by atoms with van der Waals surface area (Å²) >= 11 is 0. The normalized spacial score (nSPS) is 33.0. The first-order valence-electron chi connectivity index (χ1n) is 4.11. The lowest BCUT2D eigenvalue weighted by Crippen LogP contribution is -2.43. The van der Waals surface area contributed by atoms with Crippen molar-refractivity contribution in [2.45, 2.75) is 12.0 Å². The molecule has 1 atom stereocenters. The molecule has 1 rings (SSSR count). The zero-order valence-corrected chi connectivity index (χ0v) is 7.68. The van der Waals surface area contributed by atoms with Crippen LogP contribution in [-0.2, 0) is 4.74 Å². The van der Waals surface area contributed by atoms with Gasteiger partial charge in [-0.3, -0.25) is 0 Å². The average molecular weight is 158 g/mol. The molecule has 1 aliphatic heterocycles. The highest BCUT2D eigenvalue weighted by Crippen LogP contribution is 2.22. The molecule has 0 saturated carbocycles. The van der Waals surface area contributed by atoms with E-state index >= 15 is 0 Å². The minimum Gasteiger partial charge on any atom is -0.376 e. The van der Waals surface area contributed by atoms with Gasteiger partial charge in [-0.15, -0.1) is 0 Å². The Hall–Kier alpha value is -0.120. The van der Waals surface area contributed by atoms with E-state index in [2.05, 4.69) is 17.3 Å². The van der Waals surface area contributed by atoms with Gasteiger partial charge in [-0.2, -0.15) is 0 Å². The standard InChI is InChI=1S/C8H18N2O/c1-9-6-8(11-3)4-5-10(2)7-8/h9H,4-7H2,1-3H3. The molecule has 1 heterocycles. The fraction of sp³-hybridized carbons (Fsp3) is 1.00. The first kappa shape index (κ1) is 8.97. The maximum atomic E-state index is 5.51. The van der Waals surface area contributed by atoms with E-state index in [1.54, 1.807) is 7.11 Å². The van der Waals surface area contributed by atoms with Crippen LogP contribution in [0.4, 0.5) is 0 Å². The van der Waals surface area contributed by atoms with E-state index < -0.39 is 0 Å². The van der Waals surface area contributed by atoms with Crippen molar-refractivity contribution in [3.8, 4) is 0 Å². The summed E-state index contributed by atoms with van der Waals surface area (Å²) in [7, 11) is 5.91. The molecule has 1 saturated heterocycles. The first-order chi connectivity index (χ1) is 5.22. The molecular weight excluding hydrogens is 140 g/mol. The molecule has 0 spiro atoms. The third-order valence-corrected chi connectivity index (χ3v) is 2.44. The Kier molecular flexibility index (Phi) is 2.87. The molecule has 0 radical (unpaired) electrons. The fourth-order valence-electron chi connectivity index (χ4n) is 1.75. The van der Waals surface area contributed by atoms with E-state index in [1.165, 1.54) is 0 Å². The van der Waals surface area contributed by atoms with E-state index in [4.69, 9.17) is 4.74 Å². The summed E-state index contributed by atoms with van der Waals surface area (Å²) < 4.78 is 5.51. The molecule has 0 bridgehead atoms. The van der Waals surface area contributed by atoms with Crippen LogP contribution in [0.5, 0.6) is 0 Å². The van der Waals surface area contributed by atoms with Crippen molar-refractivity contribution in [1.82, 2.24) is 10.2 Å². The van der Waals surface area contributed by atoms with Crippen LogP contribution in [0, 0.1) is 0 Å². The van der Waals surface area contributed by atoms with Crippen LogP contribution in [0.2, 0.25) is 0 Å². The molecule has 11 heavy (non-hydrogen) atoms. The number of ether oxygens (including phenoxy) is 1. The summed E-state index contributed by atoms with van der Waals surface area (Å²) in [5, 5.41) is 3.17. The van der Waals surface area contributed by atoms with Gasteiger partial charge in [-0.05, 0) is 20.5 Å². The Labute approximate surface area is 68.7 Å². The second-order valence-electron chi connectivity index (χ2n) is 3.41. The average Bonchev–Trinajstić information content (AvgIpc) is 2.34. The minimum atomic E-state index is 0.0729. The van der Waals surface area contributed by atoms with E-state index in [1.807, 2.05) is 7.05 Å². The predicted molar refractivity (Wildman–Crippen MR) is 45.8 cm³/mol. The second-order valence-corrected chi connectivity index (χ2v) is 3.41. The number of nitrogens with zero attached hydrogens (tertiary/aromatic N) is 1. The SMILES string of the molecule is CNCC1(OC)CCN(C)C1. The van der Waals surface area contributed by atoms with Crippen LogP contribution in [0.15, 0.2) is 0 Å². The molecule has 0 aromatic heterocycles. The topological polar surface area (TPSA) is 24.5 Å². The smallest absolute Gasteiger partial charge is 0.0940 e. The Morgan fingerprint density at radius 3 is 2.73 bits per heavy atom. The lowest BCUT2D eigenvalue weighted by atomic mass is 10.0. The van der Waals surface area contributed by atoms with E-state index in [9.17, 15) is 0 Å². The third-order valence-electron chi connectivity index (χ3n) is 2.44. The number of methoxy groups -OCH3 is 1. The molecule has 3 nitrogen and oxygen atoms in total. The van der Waals surface area contributed by atoms with Crippen molar-refractivity contribution < 1.29 is 4.74 Å². The van der Waals surface area contributed by atoms with Crippen LogP contribution in [0.3, 0.4) is 0 Å². The highest BCUT2D eigenvalue weighted by molar-refractivity contribution is 4.91. The van der Waals surface area contributed by atoms with Gasteiger partial charge in [0, 0.05) is 26.7 Å². The van der Waals surface area contributed by atoms with Gasteiger partial charge in [0.15, 0.2) is 0 Å². The van der Waals surface area contributed by atoms with Gasteiger partial charge < -0.3 is 15.0 Å². The molecule has 0 amide bonds. The minimum absolute atomic E-state index is 0.0729. The van der Waals surface area contributed by atoms with Crippen molar-refractivity contribution in [2.75, 3.05) is 40.8 Å². The lowest BCUT2D eigenvalue weighted by molar-refractivity contribution is 0.00259. The quantitative estimate of drug-likeness (QED) is 0.622. The van der Waals surface area contributed by atoms with Crippen LogP contribution < -0.4 is 5.32 Å². The van der Waals surface area contributed by atoms with Crippen molar-refractivity contribution in [3.05, 3.63) is 0 Å². The van der Waals surface area contributed by atoms with Crippen molar-refractivity contribution in [1.29, 1.82) is 0 Å². The monoisotopic (exact) mass is 158 g/mol. The Morgan fingerprint density at radius 2 is 2.36 bits per heavy atom. The van der Waals surface area contributed by atoms with Crippen LogP contribution in [-0.4, -0.2) is 51.3 Å². The summed E-state index contributed by atoms with van der Waals surface area (Å²) in [6, 6.07) is 0. The number of hydrogen-bond acceptors (Lipinski definition) is 3. The van der Waals surface area contributed by atoms with Gasteiger partial charge in [0.2, 0.25) is 0 Å². The summed E-state index contributed by atoms with van der Waals surface area (Å²) in [6.07, 6.45) is 1.14. The number of nitrogens with one attached hydrogen (secondary N) is 1. The van der Waals surface area contributed by atoms with Crippen LogP contribution in [0.25, 0.3) is 0 Å². The molecule has 1 fully saturated rings. The van der Waals surface area contributed by atoms with Crippen molar-refractivity contribution in [3.63, 3.8) is 0 Å². The number of likely N-dealkylation sites (N-methyl/N-ethyl adjacent to an activating group) is 2. The number of likely N-dealkylation sites (tertiary alicyclic amines) is 1. The van der Waals surface area contributed by atoms with E-state index in [-0.39, 0.29) is 5.60 Å². The molecule has 0 aromatic rings. The maximum absolute atomic E-state index is 5.51. The zero-order chi connectivity index (χ0) is 8.32. The molecule has 3 heteroatoms. The van der Waals surface area contributed by atoms with E-state index in [0.29, 0.717) is 0 Å². The summed E-state index contributed by atoms with van der Waals surface area (Å²) in [5.41, 5.74) is 0.0729. The van der Waals surface area contributed by atoms with Crippen molar-refractivity contribution >= 4 is 0 Å². The fourth-order valence-corrected chi connectivity index (χ4v) is 1.75. The molecule has 1 aliphatic rings. The molecule has 0 aromatic carbocycles. The predicted octanol–water partition coefficient (Wildman–Crippen LogP) is -0.0735. The first-order valence-corrected chi connectivity index (χ1v) is 4.11. The Balaban J connectivity index is 2.48. The van der Waals surface area contributed by atoms with Crippen molar-refractivity contribution in [2.24, 2.45) is 0 Å². The lowest BCUT2D eigenvalue weighted by Gasteiger charge is -2.26. The van der Waals surface area contributed by atoms with Gasteiger partial charge in [-0.25, -0.2) is 0 Å². The number of hydrogen-bond donors (Lipinski definition) is 1. The molecule has 66 valence electrons. The summed E-state index contributed by atoms with van der Waals surface area (Å²) in [4.78, 5) is 2.31. The second kappa shape index (κ2) is 3.52. The molecule has 1 unspecified atom stereocenters. The van der Waals surface area contributed by atoms with Crippen LogP contribution in [0.1, 0.15) is 6.42 Å². The van der Waals surface area contributed by atoms with E-state index in [0.717, 1.165) is 26.1 Å². The van der Waals surface area contributed by atoms with Gasteiger partial charge >= 0.3 is 0 Å². The molecular formula is C8H18N2O. The maximum Gasteiger partial charge on any atom is 0.0940 e. The van der Waals surface area contributed by atoms with Gasteiger partial charge in [0.1, 0.15) is 0 Å². The van der Waals surface area contributed by atoms with Crippen LogP contribution >= 0.6 is 0 Å². The highest BCUT2D eigenvalue weighted by Gasteiger charge is 2.35. The summed E-state index contributed by atoms with van der Waals surface area (Å²) in [5.74, 6) is 0. The number of rotatable bonds is 3. The Bertz CT molecular complexity index is 125. The summed E-state index contributed by atoms with van der Waals surface area (Å²) in [6.45, 7) is 3.15. The van der Waals surface area contributed by atoms with Gasteiger partial charge in [0.25, 0.3) is 0 Å². The van der Waals surface area contributed by atoms with Gasteiger partial charge in [-0.1, -0.05) is 0 Å². The molecule has 0 aliphatic carbocycles. The largest absolute Gasteiger partial charge is 0.376 e. The Morgan fingerprint density at radius 1 is 1.64 bits per heavy atom. The highest BCUT2D eigenvalue weighted by atomic mass is 16.5. The molecule has 1 N–H and O–H groups in total.